The van der Waals surface area contributed by atoms with Gasteiger partial charge >= 0.3 is 0 Å². The Hall–Kier alpha value is -3.49. The first-order chi connectivity index (χ1) is 14.0. The molecule has 0 atom stereocenters. The maximum absolute atomic E-state index is 14.5. The number of Topliss-reactive ketones (excluding diaryl/α,β-unsaturated/α-hetero) is 1. The average molecular weight is 399 g/mol. The summed E-state index contributed by atoms with van der Waals surface area (Å²) in [4.78, 5) is 20.3. The van der Waals surface area contributed by atoms with Gasteiger partial charge in [0.2, 0.25) is 5.95 Å². The molecular formula is C20H22FN5O3. The molecule has 0 radical (unpaired) electrons. The van der Waals surface area contributed by atoms with Crippen molar-refractivity contribution in [2.24, 2.45) is 0 Å². The van der Waals surface area contributed by atoms with Gasteiger partial charge in [-0.1, -0.05) is 6.92 Å². The predicted octanol–water partition coefficient (Wildman–Crippen LogP) is 3.76. The van der Waals surface area contributed by atoms with E-state index in [0.717, 1.165) is 12.2 Å². The summed E-state index contributed by atoms with van der Waals surface area (Å²) in [6.45, 7) is 4.41. The van der Waals surface area contributed by atoms with E-state index in [1.165, 1.54) is 31.6 Å². The Bertz CT molecular complexity index is 988. The van der Waals surface area contributed by atoms with Crippen molar-refractivity contribution in [2.45, 2.75) is 33.4 Å². The van der Waals surface area contributed by atoms with E-state index in [9.17, 15) is 9.18 Å². The van der Waals surface area contributed by atoms with Gasteiger partial charge in [0.15, 0.2) is 23.1 Å². The van der Waals surface area contributed by atoms with Crippen LogP contribution in [0.4, 0.5) is 16.0 Å². The number of aromatic nitrogens is 4. The van der Waals surface area contributed by atoms with Crippen molar-refractivity contribution >= 4 is 17.4 Å². The van der Waals surface area contributed by atoms with Crippen LogP contribution in [-0.2, 0) is 13.2 Å². The van der Waals surface area contributed by atoms with Crippen LogP contribution >= 0.6 is 0 Å². The van der Waals surface area contributed by atoms with Gasteiger partial charge in [-0.25, -0.2) is 14.4 Å². The summed E-state index contributed by atoms with van der Waals surface area (Å²) >= 11 is 0. The van der Waals surface area contributed by atoms with Gasteiger partial charge in [0.05, 0.1) is 31.4 Å². The van der Waals surface area contributed by atoms with Crippen molar-refractivity contribution < 1.29 is 18.7 Å². The van der Waals surface area contributed by atoms with Crippen molar-refractivity contribution in [2.75, 3.05) is 12.4 Å². The van der Waals surface area contributed by atoms with Gasteiger partial charge in [-0.05, 0) is 19.1 Å². The number of rotatable bonds is 9. The number of ether oxygens (including phenoxy) is 2. The fraction of sp³-hybridized carbons (Fsp3) is 0.300. The Kier molecular flexibility index (Phi) is 6.38. The Balaban J connectivity index is 1.68. The normalized spacial score (nSPS) is 10.6. The average Bonchev–Trinajstić information content (AvgIpc) is 3.21. The number of benzene rings is 1. The molecule has 152 valence electrons. The lowest BCUT2D eigenvalue weighted by atomic mass is 10.0. The Labute approximate surface area is 167 Å². The van der Waals surface area contributed by atoms with E-state index in [1.807, 2.05) is 13.1 Å². The Morgan fingerprint density at radius 3 is 2.59 bits per heavy atom. The van der Waals surface area contributed by atoms with Gasteiger partial charge in [-0.3, -0.25) is 9.48 Å². The van der Waals surface area contributed by atoms with Crippen molar-refractivity contribution in [3.63, 3.8) is 0 Å². The summed E-state index contributed by atoms with van der Waals surface area (Å²) in [6.07, 6.45) is 6.80. The number of anilines is 2. The quantitative estimate of drug-likeness (QED) is 0.548. The molecule has 2 aromatic heterocycles. The van der Waals surface area contributed by atoms with E-state index in [0.29, 0.717) is 23.7 Å². The third-order valence-corrected chi connectivity index (χ3v) is 4.21. The van der Waals surface area contributed by atoms with Crippen LogP contribution in [0.2, 0.25) is 0 Å². The molecule has 1 aromatic carbocycles. The van der Waals surface area contributed by atoms with Crippen LogP contribution in [0.3, 0.4) is 0 Å². The molecule has 0 unspecified atom stereocenters. The van der Waals surface area contributed by atoms with Crippen LogP contribution in [0.25, 0.3) is 0 Å². The molecule has 0 spiro atoms. The molecule has 0 saturated carbocycles. The minimum atomic E-state index is -0.563. The minimum absolute atomic E-state index is 0.00586. The lowest BCUT2D eigenvalue weighted by molar-refractivity contribution is 0.0987. The monoisotopic (exact) mass is 399 g/mol. The molecule has 9 heteroatoms. The van der Waals surface area contributed by atoms with Crippen molar-refractivity contribution in [1.82, 2.24) is 19.7 Å². The number of aryl methyl sites for hydroxylation is 1. The number of carbonyl (C=O) groups is 1. The molecule has 0 saturated heterocycles. The number of methoxy groups -OCH3 is 1. The highest BCUT2D eigenvalue weighted by atomic mass is 19.1. The second-order valence-electron chi connectivity index (χ2n) is 6.17. The molecule has 0 fully saturated rings. The van der Waals surface area contributed by atoms with E-state index in [-0.39, 0.29) is 23.7 Å². The zero-order chi connectivity index (χ0) is 20.8. The van der Waals surface area contributed by atoms with Crippen LogP contribution in [0, 0.1) is 5.82 Å². The fourth-order valence-electron chi connectivity index (χ4n) is 2.62. The van der Waals surface area contributed by atoms with Gasteiger partial charge in [0, 0.05) is 30.3 Å². The number of hydrogen-bond donors (Lipinski definition) is 1. The van der Waals surface area contributed by atoms with Gasteiger partial charge in [0.1, 0.15) is 6.61 Å². The van der Waals surface area contributed by atoms with E-state index in [2.05, 4.69) is 20.4 Å². The molecule has 0 aliphatic rings. The molecule has 0 amide bonds. The number of carbonyl (C=O) groups excluding carboxylic acids is 1. The van der Waals surface area contributed by atoms with Crippen LogP contribution in [0.5, 0.6) is 11.5 Å². The molecule has 2 heterocycles. The lowest BCUT2D eigenvalue weighted by Crippen LogP contribution is -2.06. The standard InChI is InChI=1S/C20H22FN5O3/c1-4-17(27)13-6-14(19(21)18(7-13)28-3)12-29-16-9-22-20(23-10-16)25-15-8-24-26(5-2)11-15/h6-11H,4-5,12H2,1-3H3,(H,22,23,25). The molecule has 3 aromatic rings. The summed E-state index contributed by atoms with van der Waals surface area (Å²) < 4.78 is 26.9. The van der Waals surface area contributed by atoms with Crippen LogP contribution in [0.1, 0.15) is 36.2 Å². The van der Waals surface area contributed by atoms with Crippen molar-refractivity contribution in [1.29, 1.82) is 0 Å². The highest BCUT2D eigenvalue weighted by Crippen LogP contribution is 2.25. The number of nitrogens with zero attached hydrogens (tertiary/aromatic N) is 4. The first kappa shape index (κ1) is 20.2. The summed E-state index contributed by atoms with van der Waals surface area (Å²) in [5, 5.41) is 7.20. The number of hydrogen-bond acceptors (Lipinski definition) is 7. The molecule has 8 nitrogen and oxygen atoms in total. The highest BCUT2D eigenvalue weighted by molar-refractivity contribution is 5.96. The van der Waals surface area contributed by atoms with Gasteiger partial charge in [-0.2, -0.15) is 5.10 Å². The molecular weight excluding hydrogens is 377 g/mol. The predicted molar refractivity (Wildman–Crippen MR) is 105 cm³/mol. The van der Waals surface area contributed by atoms with Crippen molar-refractivity contribution in [3.8, 4) is 11.5 Å². The van der Waals surface area contributed by atoms with E-state index < -0.39 is 5.82 Å². The number of halogens is 1. The van der Waals surface area contributed by atoms with E-state index >= 15 is 0 Å². The molecule has 1 N–H and O–H groups in total. The Morgan fingerprint density at radius 2 is 1.97 bits per heavy atom. The van der Waals surface area contributed by atoms with E-state index in [4.69, 9.17) is 9.47 Å². The van der Waals surface area contributed by atoms with Crippen molar-refractivity contribution in [3.05, 3.63) is 53.9 Å². The topological polar surface area (TPSA) is 91.2 Å². The fourth-order valence-corrected chi connectivity index (χ4v) is 2.62. The second-order valence-corrected chi connectivity index (χ2v) is 6.17. The van der Waals surface area contributed by atoms with Crippen LogP contribution < -0.4 is 14.8 Å². The summed E-state index contributed by atoms with van der Waals surface area (Å²) in [5.74, 6) is 0.0927. The van der Waals surface area contributed by atoms with Crippen LogP contribution in [-0.4, -0.2) is 32.6 Å². The highest BCUT2D eigenvalue weighted by Gasteiger charge is 2.15. The number of ketones is 1. The first-order valence-electron chi connectivity index (χ1n) is 9.18. The minimum Gasteiger partial charge on any atom is -0.494 e. The smallest absolute Gasteiger partial charge is 0.227 e. The third kappa shape index (κ3) is 4.87. The van der Waals surface area contributed by atoms with E-state index in [1.54, 1.807) is 17.8 Å². The summed E-state index contributed by atoms with van der Waals surface area (Å²) in [5.41, 5.74) is 1.37. The first-order valence-corrected chi connectivity index (χ1v) is 9.18. The third-order valence-electron chi connectivity index (χ3n) is 4.21. The number of nitrogens with one attached hydrogen (secondary N) is 1. The summed E-state index contributed by atoms with van der Waals surface area (Å²) in [6, 6.07) is 2.88. The molecule has 0 bridgehead atoms. The molecule has 0 aliphatic carbocycles. The largest absolute Gasteiger partial charge is 0.494 e. The van der Waals surface area contributed by atoms with Gasteiger partial charge in [0.25, 0.3) is 0 Å². The molecule has 29 heavy (non-hydrogen) atoms. The zero-order valence-corrected chi connectivity index (χ0v) is 16.5. The maximum atomic E-state index is 14.5. The Morgan fingerprint density at radius 1 is 1.21 bits per heavy atom. The molecule has 3 rings (SSSR count). The lowest BCUT2D eigenvalue weighted by Gasteiger charge is -2.11. The molecule has 0 aliphatic heterocycles. The van der Waals surface area contributed by atoms with Gasteiger partial charge < -0.3 is 14.8 Å². The SMILES string of the molecule is CCC(=O)c1cc(COc2cnc(Nc3cnn(CC)c3)nc2)c(F)c(OC)c1. The van der Waals surface area contributed by atoms with Crippen LogP contribution in [0.15, 0.2) is 36.9 Å². The summed E-state index contributed by atoms with van der Waals surface area (Å²) in [7, 11) is 1.35. The second kappa shape index (κ2) is 9.13. The maximum Gasteiger partial charge on any atom is 0.227 e. The zero-order valence-electron chi connectivity index (χ0n) is 16.5. The van der Waals surface area contributed by atoms with Gasteiger partial charge in [-0.15, -0.1) is 0 Å².